The second-order valence-corrected chi connectivity index (χ2v) is 7.30. The molecule has 26 heavy (non-hydrogen) atoms. The zero-order chi connectivity index (χ0) is 19.1. The summed E-state index contributed by atoms with van der Waals surface area (Å²) < 4.78 is 0. The number of rotatable bonds is 8. The quantitative estimate of drug-likeness (QED) is 0.631. The molecule has 0 radical (unpaired) electrons. The van der Waals surface area contributed by atoms with Crippen LogP contribution in [0.2, 0.25) is 0 Å². The molecule has 2 aliphatic rings. The van der Waals surface area contributed by atoms with Gasteiger partial charge in [-0.3, -0.25) is 9.98 Å². The maximum atomic E-state index is 4.86. The van der Waals surface area contributed by atoms with Crippen LogP contribution in [0.1, 0.15) is 33.6 Å². The molecule has 4 nitrogen and oxygen atoms in total. The topological polar surface area (TPSA) is 40.0 Å². The monoisotopic (exact) mass is 370 g/mol. The molecule has 2 heterocycles. The number of nitrogens with one attached hydrogen (secondary N) is 1. The zero-order valence-electron chi connectivity index (χ0n) is 16.4. The van der Waals surface area contributed by atoms with Crippen LogP contribution in [-0.4, -0.2) is 42.6 Å². The second kappa shape index (κ2) is 9.62. The number of hydrogen-bond acceptors (Lipinski definition) is 5. The summed E-state index contributed by atoms with van der Waals surface area (Å²) >= 11 is 1.62. The van der Waals surface area contributed by atoms with Gasteiger partial charge in [0.2, 0.25) is 0 Å². The lowest BCUT2D eigenvalue weighted by Crippen LogP contribution is -2.36. The first-order valence-electron chi connectivity index (χ1n) is 9.10. The Labute approximate surface area is 162 Å². The van der Waals surface area contributed by atoms with E-state index in [1.54, 1.807) is 11.8 Å². The van der Waals surface area contributed by atoms with Gasteiger partial charge in [0.1, 0.15) is 5.84 Å². The third-order valence-electron chi connectivity index (χ3n) is 4.46. The number of hydrogen-bond donors (Lipinski definition) is 1. The molecule has 0 aromatic carbocycles. The van der Waals surface area contributed by atoms with Crippen LogP contribution in [0.15, 0.2) is 68.7 Å². The minimum atomic E-state index is 0.332. The maximum Gasteiger partial charge on any atom is 0.141 e. The highest BCUT2D eigenvalue weighted by atomic mass is 32.2. The first kappa shape index (κ1) is 20.3. The summed E-state index contributed by atoms with van der Waals surface area (Å²) in [6.45, 7) is 16.0. The molecular weight excluding hydrogens is 340 g/mol. The fourth-order valence-electron chi connectivity index (χ4n) is 3.20. The number of nitrogens with zero attached hydrogens (tertiary/aromatic N) is 3. The fourth-order valence-corrected chi connectivity index (χ4v) is 3.78. The van der Waals surface area contributed by atoms with Gasteiger partial charge in [0.25, 0.3) is 0 Å². The predicted octanol–water partition coefficient (Wildman–Crippen LogP) is 4.67. The molecule has 0 aromatic rings. The molecule has 0 saturated carbocycles. The van der Waals surface area contributed by atoms with Crippen molar-refractivity contribution in [3.8, 4) is 0 Å². The first-order valence-corrected chi connectivity index (χ1v) is 9.98. The summed E-state index contributed by atoms with van der Waals surface area (Å²) in [5.74, 6) is 0.981. The van der Waals surface area contributed by atoms with Crippen LogP contribution >= 0.6 is 11.8 Å². The average Bonchev–Trinajstić information content (AvgIpc) is 3.06. The number of allylic oxidation sites excluding steroid dienone is 4. The Morgan fingerprint density at radius 2 is 2.15 bits per heavy atom. The summed E-state index contributed by atoms with van der Waals surface area (Å²) in [4.78, 5) is 12.6. The van der Waals surface area contributed by atoms with Crippen molar-refractivity contribution in [1.29, 1.82) is 0 Å². The Bertz CT molecular complexity index is 710. The Morgan fingerprint density at radius 1 is 1.38 bits per heavy atom. The van der Waals surface area contributed by atoms with E-state index in [4.69, 9.17) is 4.99 Å². The van der Waals surface area contributed by atoms with Crippen LogP contribution in [0, 0.1) is 0 Å². The van der Waals surface area contributed by atoms with Gasteiger partial charge in [-0.05, 0) is 31.8 Å². The van der Waals surface area contributed by atoms with Crippen molar-refractivity contribution < 1.29 is 0 Å². The number of fused-ring (bicyclic) bond motifs is 1. The molecule has 0 amide bonds. The van der Waals surface area contributed by atoms with Gasteiger partial charge in [0, 0.05) is 47.9 Å². The average molecular weight is 371 g/mol. The molecule has 140 valence electrons. The van der Waals surface area contributed by atoms with Crippen molar-refractivity contribution in [3.63, 3.8) is 0 Å². The summed E-state index contributed by atoms with van der Waals surface area (Å²) in [6.07, 6.45) is 8.01. The Kier molecular flexibility index (Phi) is 7.51. The van der Waals surface area contributed by atoms with E-state index in [0.717, 1.165) is 41.5 Å². The summed E-state index contributed by atoms with van der Waals surface area (Å²) in [5.41, 5.74) is 4.61. The van der Waals surface area contributed by atoms with E-state index >= 15 is 0 Å². The SMILES string of the molecule is C=C(CC)NC1CC2=C(C(/C=C\C)=NC)CN=C(C(=C)S/C=C\C)N2C1. The van der Waals surface area contributed by atoms with Gasteiger partial charge < -0.3 is 10.2 Å². The number of amidine groups is 1. The van der Waals surface area contributed by atoms with Crippen LogP contribution < -0.4 is 5.32 Å². The minimum absolute atomic E-state index is 0.332. The molecule has 0 aromatic heterocycles. The van der Waals surface area contributed by atoms with Crippen molar-refractivity contribution in [2.75, 3.05) is 20.1 Å². The van der Waals surface area contributed by atoms with E-state index in [1.807, 2.05) is 38.5 Å². The third kappa shape index (κ3) is 4.58. The normalized spacial score (nSPS) is 20.8. The van der Waals surface area contributed by atoms with Crippen molar-refractivity contribution in [1.82, 2.24) is 10.2 Å². The molecular formula is C21H30N4S. The second-order valence-electron chi connectivity index (χ2n) is 6.30. The molecule has 1 atom stereocenters. The summed E-state index contributed by atoms with van der Waals surface area (Å²) in [6, 6.07) is 0.332. The summed E-state index contributed by atoms with van der Waals surface area (Å²) in [5, 5.41) is 5.61. The molecule has 1 unspecified atom stereocenters. The van der Waals surface area contributed by atoms with Gasteiger partial charge in [-0.15, -0.1) is 0 Å². The van der Waals surface area contributed by atoms with E-state index in [0.29, 0.717) is 12.6 Å². The van der Waals surface area contributed by atoms with Crippen LogP contribution in [-0.2, 0) is 0 Å². The Balaban J connectivity index is 2.35. The van der Waals surface area contributed by atoms with Crippen molar-refractivity contribution >= 4 is 23.3 Å². The van der Waals surface area contributed by atoms with E-state index in [1.165, 1.54) is 11.3 Å². The van der Waals surface area contributed by atoms with Gasteiger partial charge in [-0.25, -0.2) is 0 Å². The molecule has 2 rings (SSSR count). The zero-order valence-corrected chi connectivity index (χ0v) is 17.2. The Morgan fingerprint density at radius 3 is 2.77 bits per heavy atom. The van der Waals surface area contributed by atoms with Crippen molar-refractivity contribution in [2.24, 2.45) is 9.98 Å². The molecule has 1 saturated heterocycles. The standard InChI is InChI=1S/C21H30N4S/c1-7-10-19(22-6)18-13-23-21(16(5)26-11-8-2)25-14-17(12-20(18)25)24-15(4)9-3/h7-8,10-11,17,24H,4-5,9,12-14H2,1-3,6H3/b10-7-,11-8-,22-19?. The highest BCUT2D eigenvalue weighted by Crippen LogP contribution is 2.34. The van der Waals surface area contributed by atoms with Gasteiger partial charge in [-0.1, -0.05) is 44.0 Å². The lowest BCUT2D eigenvalue weighted by molar-refractivity contribution is 0.516. The number of aliphatic imine (C=N–C) groups is 2. The lowest BCUT2D eigenvalue weighted by atomic mass is 10.0. The first-order chi connectivity index (χ1) is 12.5. The predicted molar refractivity (Wildman–Crippen MR) is 117 cm³/mol. The van der Waals surface area contributed by atoms with E-state index in [-0.39, 0.29) is 0 Å². The largest absolute Gasteiger partial charge is 0.384 e. The Hall–Kier alpha value is -2.01. The third-order valence-corrected chi connectivity index (χ3v) is 5.34. The van der Waals surface area contributed by atoms with Crippen LogP contribution in [0.3, 0.4) is 0 Å². The molecule has 0 bridgehead atoms. The van der Waals surface area contributed by atoms with Gasteiger partial charge in [0.15, 0.2) is 0 Å². The van der Waals surface area contributed by atoms with Crippen molar-refractivity contribution in [2.45, 2.75) is 39.7 Å². The maximum absolute atomic E-state index is 4.86. The molecule has 0 aliphatic carbocycles. The van der Waals surface area contributed by atoms with Crippen LogP contribution in [0.5, 0.6) is 0 Å². The van der Waals surface area contributed by atoms with E-state index < -0.39 is 0 Å². The number of thioether (sulfide) groups is 1. The fraction of sp³-hybridized carbons (Fsp3) is 0.429. The smallest absolute Gasteiger partial charge is 0.141 e. The van der Waals surface area contributed by atoms with Crippen molar-refractivity contribution in [3.05, 3.63) is 58.7 Å². The lowest BCUT2D eigenvalue weighted by Gasteiger charge is -2.29. The highest BCUT2D eigenvalue weighted by molar-refractivity contribution is 8.06. The highest BCUT2D eigenvalue weighted by Gasteiger charge is 2.35. The van der Waals surface area contributed by atoms with E-state index in [9.17, 15) is 0 Å². The molecule has 5 heteroatoms. The van der Waals surface area contributed by atoms with Crippen LogP contribution in [0.4, 0.5) is 0 Å². The van der Waals surface area contributed by atoms with Crippen LogP contribution in [0.25, 0.3) is 0 Å². The molecule has 2 aliphatic heterocycles. The van der Waals surface area contributed by atoms with Gasteiger partial charge in [0.05, 0.1) is 12.3 Å². The molecule has 1 fully saturated rings. The molecule has 1 N–H and O–H groups in total. The van der Waals surface area contributed by atoms with E-state index in [2.05, 4.69) is 41.4 Å². The van der Waals surface area contributed by atoms with Gasteiger partial charge >= 0.3 is 0 Å². The summed E-state index contributed by atoms with van der Waals surface area (Å²) in [7, 11) is 1.84. The molecule has 0 spiro atoms. The van der Waals surface area contributed by atoms with Gasteiger partial charge in [-0.2, -0.15) is 0 Å². The minimum Gasteiger partial charge on any atom is -0.384 e.